The Bertz CT molecular complexity index is 985. The van der Waals surface area contributed by atoms with Gasteiger partial charge in [-0.1, -0.05) is 18.2 Å². The van der Waals surface area contributed by atoms with Crippen LogP contribution < -0.4 is 15.6 Å². The fourth-order valence-electron chi connectivity index (χ4n) is 2.77. The molecule has 140 valence electrons. The smallest absolute Gasteiger partial charge is 0.322 e. The number of pyridine rings is 1. The van der Waals surface area contributed by atoms with Crippen molar-refractivity contribution in [3.63, 3.8) is 0 Å². The first-order valence-electron chi connectivity index (χ1n) is 8.52. The van der Waals surface area contributed by atoms with E-state index in [1.165, 1.54) is 4.90 Å². The summed E-state index contributed by atoms with van der Waals surface area (Å²) in [5.41, 5.74) is 1.45. The molecular weight excluding hydrogens is 346 g/mol. The van der Waals surface area contributed by atoms with Gasteiger partial charge >= 0.3 is 6.03 Å². The number of rotatable bonds is 6. The highest BCUT2D eigenvalue weighted by atomic mass is 16.5. The van der Waals surface area contributed by atoms with Gasteiger partial charge in [-0.3, -0.25) is 4.79 Å². The van der Waals surface area contributed by atoms with Gasteiger partial charge in [-0.2, -0.15) is 0 Å². The van der Waals surface area contributed by atoms with Crippen molar-refractivity contribution in [2.75, 3.05) is 25.6 Å². The van der Waals surface area contributed by atoms with Crippen molar-refractivity contribution in [1.82, 2.24) is 9.88 Å². The zero-order valence-electron chi connectivity index (χ0n) is 14.9. The zero-order valence-corrected chi connectivity index (χ0v) is 14.9. The molecule has 0 bridgehead atoms. The number of carbonyl (C=O) groups is 1. The lowest BCUT2D eigenvalue weighted by atomic mass is 10.1. The van der Waals surface area contributed by atoms with Crippen LogP contribution in [0.1, 0.15) is 5.56 Å². The van der Waals surface area contributed by atoms with Gasteiger partial charge in [0.15, 0.2) is 0 Å². The van der Waals surface area contributed by atoms with Gasteiger partial charge in [-0.15, -0.1) is 0 Å². The van der Waals surface area contributed by atoms with Crippen molar-refractivity contribution < 1.29 is 14.6 Å². The maximum atomic E-state index is 12.5. The second-order valence-electron chi connectivity index (χ2n) is 6.02. The van der Waals surface area contributed by atoms with Crippen LogP contribution >= 0.6 is 0 Å². The largest absolute Gasteiger partial charge is 0.497 e. The number of aliphatic hydroxyl groups is 1. The van der Waals surface area contributed by atoms with Gasteiger partial charge < -0.3 is 25.0 Å². The molecule has 3 aromatic rings. The summed E-state index contributed by atoms with van der Waals surface area (Å²) < 4.78 is 5.17. The topological polar surface area (TPSA) is 94.7 Å². The Kier molecular flexibility index (Phi) is 5.73. The molecule has 1 aromatic heterocycles. The number of ether oxygens (including phenoxy) is 1. The van der Waals surface area contributed by atoms with Crippen LogP contribution in [0.5, 0.6) is 5.75 Å². The Morgan fingerprint density at radius 3 is 2.67 bits per heavy atom. The van der Waals surface area contributed by atoms with Crippen molar-refractivity contribution in [3.8, 4) is 5.75 Å². The lowest BCUT2D eigenvalue weighted by Crippen LogP contribution is -2.38. The number of nitrogens with one attached hydrogen (secondary N) is 2. The minimum atomic E-state index is -0.385. The number of para-hydroxylation sites is 1. The van der Waals surface area contributed by atoms with Crippen LogP contribution in [-0.2, 0) is 6.54 Å². The van der Waals surface area contributed by atoms with E-state index in [1.54, 1.807) is 37.4 Å². The molecule has 2 amide bonds. The number of methoxy groups -OCH3 is 1. The predicted molar refractivity (Wildman–Crippen MR) is 104 cm³/mol. The minimum absolute atomic E-state index is 0.0799. The van der Waals surface area contributed by atoms with E-state index in [2.05, 4.69) is 10.3 Å². The molecule has 0 unspecified atom stereocenters. The molecule has 27 heavy (non-hydrogen) atoms. The minimum Gasteiger partial charge on any atom is -0.497 e. The Morgan fingerprint density at radius 1 is 1.19 bits per heavy atom. The Balaban J connectivity index is 1.84. The summed E-state index contributed by atoms with van der Waals surface area (Å²) in [4.78, 5) is 29.2. The van der Waals surface area contributed by atoms with E-state index in [0.29, 0.717) is 22.5 Å². The number of aliphatic hydroxyl groups excluding tert-OH is 1. The number of aromatic nitrogens is 1. The van der Waals surface area contributed by atoms with E-state index in [0.717, 1.165) is 5.39 Å². The number of fused-ring (bicyclic) bond motifs is 1. The first-order valence-corrected chi connectivity index (χ1v) is 8.52. The highest BCUT2D eigenvalue weighted by Crippen LogP contribution is 2.19. The molecule has 0 aliphatic carbocycles. The van der Waals surface area contributed by atoms with Gasteiger partial charge in [0.05, 0.1) is 25.8 Å². The summed E-state index contributed by atoms with van der Waals surface area (Å²) in [5, 5.41) is 12.9. The van der Waals surface area contributed by atoms with Crippen LogP contribution in [0.25, 0.3) is 10.9 Å². The quantitative estimate of drug-likeness (QED) is 0.624. The van der Waals surface area contributed by atoms with Crippen LogP contribution in [-0.4, -0.2) is 41.3 Å². The average molecular weight is 367 g/mol. The van der Waals surface area contributed by atoms with E-state index in [-0.39, 0.29) is 31.3 Å². The number of hydrogen-bond acceptors (Lipinski definition) is 4. The van der Waals surface area contributed by atoms with Gasteiger partial charge in [-0.25, -0.2) is 4.79 Å². The van der Waals surface area contributed by atoms with Crippen molar-refractivity contribution in [1.29, 1.82) is 0 Å². The highest BCUT2D eigenvalue weighted by molar-refractivity contribution is 5.89. The normalized spacial score (nSPS) is 10.6. The van der Waals surface area contributed by atoms with Crippen LogP contribution in [0.15, 0.2) is 59.4 Å². The van der Waals surface area contributed by atoms with E-state index in [1.807, 2.05) is 24.3 Å². The van der Waals surface area contributed by atoms with Crippen LogP contribution in [0.3, 0.4) is 0 Å². The first kappa shape index (κ1) is 18.5. The van der Waals surface area contributed by atoms with Gasteiger partial charge in [0.1, 0.15) is 5.75 Å². The molecule has 0 aliphatic rings. The monoisotopic (exact) mass is 367 g/mol. The summed E-state index contributed by atoms with van der Waals surface area (Å²) in [7, 11) is 1.56. The molecule has 0 spiro atoms. The number of hydrogen-bond donors (Lipinski definition) is 3. The highest BCUT2D eigenvalue weighted by Gasteiger charge is 2.16. The van der Waals surface area contributed by atoms with Crippen molar-refractivity contribution in [3.05, 3.63) is 70.5 Å². The van der Waals surface area contributed by atoms with E-state index < -0.39 is 0 Å². The number of amides is 2. The molecule has 0 saturated heterocycles. The summed E-state index contributed by atoms with van der Waals surface area (Å²) in [5.74, 6) is 0.648. The molecule has 3 N–H and O–H groups in total. The van der Waals surface area contributed by atoms with Crippen molar-refractivity contribution in [2.24, 2.45) is 0 Å². The standard InChI is InChI=1S/C20H21N3O4/c1-27-17-8-7-14-11-15(19(25)22-18(14)12-17)13-23(9-10-24)20(26)21-16-5-3-2-4-6-16/h2-8,11-12,24H,9-10,13H2,1H3,(H,21,26)(H,22,25). The van der Waals surface area contributed by atoms with Gasteiger partial charge in [-0.05, 0) is 35.7 Å². The molecular formula is C20H21N3O4. The number of urea groups is 1. The Labute approximate surface area is 156 Å². The molecule has 0 atom stereocenters. The fraction of sp³-hybridized carbons (Fsp3) is 0.200. The number of benzene rings is 2. The molecule has 7 heteroatoms. The number of nitrogens with zero attached hydrogens (tertiary/aromatic N) is 1. The Morgan fingerprint density at radius 2 is 1.96 bits per heavy atom. The summed E-state index contributed by atoms with van der Waals surface area (Å²) >= 11 is 0. The van der Waals surface area contributed by atoms with Crippen LogP contribution in [0, 0.1) is 0 Å². The lowest BCUT2D eigenvalue weighted by molar-refractivity contribution is 0.185. The third-order valence-electron chi connectivity index (χ3n) is 4.17. The molecule has 1 heterocycles. The summed E-state index contributed by atoms with van der Waals surface area (Å²) in [6, 6.07) is 15.8. The molecule has 7 nitrogen and oxygen atoms in total. The average Bonchev–Trinajstić information content (AvgIpc) is 2.68. The molecule has 0 radical (unpaired) electrons. The number of anilines is 1. The fourth-order valence-corrected chi connectivity index (χ4v) is 2.77. The van der Waals surface area contributed by atoms with E-state index >= 15 is 0 Å². The molecule has 0 saturated carbocycles. The van der Waals surface area contributed by atoms with Crippen LogP contribution in [0.4, 0.5) is 10.5 Å². The third-order valence-corrected chi connectivity index (χ3v) is 4.17. The summed E-state index contributed by atoms with van der Waals surface area (Å²) in [6.07, 6.45) is 0. The summed E-state index contributed by atoms with van der Waals surface area (Å²) in [6.45, 7) is -0.0137. The van der Waals surface area contributed by atoms with E-state index in [4.69, 9.17) is 4.74 Å². The molecule has 3 rings (SSSR count). The first-order chi connectivity index (χ1) is 13.1. The predicted octanol–water partition coefficient (Wildman–Crippen LogP) is 2.56. The second kappa shape index (κ2) is 8.37. The molecule has 0 fully saturated rings. The SMILES string of the molecule is COc1ccc2cc(CN(CCO)C(=O)Nc3ccccc3)c(=O)[nH]c2c1. The molecule has 2 aromatic carbocycles. The molecule has 0 aliphatic heterocycles. The number of carbonyl (C=O) groups excluding carboxylic acids is 1. The Hall–Kier alpha value is -3.32. The van der Waals surface area contributed by atoms with Gasteiger partial charge in [0.2, 0.25) is 0 Å². The lowest BCUT2D eigenvalue weighted by Gasteiger charge is -2.22. The van der Waals surface area contributed by atoms with Gasteiger partial charge in [0, 0.05) is 23.9 Å². The van der Waals surface area contributed by atoms with Crippen molar-refractivity contribution >= 4 is 22.6 Å². The third kappa shape index (κ3) is 4.45. The number of H-pyrrole nitrogens is 1. The maximum absolute atomic E-state index is 12.5. The van der Waals surface area contributed by atoms with Gasteiger partial charge in [0.25, 0.3) is 5.56 Å². The second-order valence-corrected chi connectivity index (χ2v) is 6.02. The number of aromatic amines is 1. The zero-order chi connectivity index (χ0) is 19.2. The van der Waals surface area contributed by atoms with Crippen molar-refractivity contribution in [2.45, 2.75) is 6.54 Å². The maximum Gasteiger partial charge on any atom is 0.322 e. The van der Waals surface area contributed by atoms with Crippen LogP contribution in [0.2, 0.25) is 0 Å². The van der Waals surface area contributed by atoms with E-state index in [9.17, 15) is 14.7 Å².